The molecule has 0 aliphatic carbocycles. The van der Waals surface area contributed by atoms with Crippen molar-refractivity contribution in [3.8, 4) is 0 Å². The van der Waals surface area contributed by atoms with E-state index < -0.39 is 24.4 Å². The van der Waals surface area contributed by atoms with Gasteiger partial charge in [-0.1, -0.05) is 29.8 Å². The highest BCUT2D eigenvalue weighted by Gasteiger charge is 2.37. The van der Waals surface area contributed by atoms with Crippen LogP contribution in [0.2, 0.25) is 5.02 Å². The van der Waals surface area contributed by atoms with Crippen LogP contribution in [0.4, 0.5) is 5.69 Å². The van der Waals surface area contributed by atoms with Crippen molar-refractivity contribution >= 4 is 51.8 Å². The average molecular weight is 459 g/mol. The Morgan fingerprint density at radius 2 is 1.64 bits per heavy atom. The predicted octanol–water partition coefficient (Wildman–Crippen LogP) is 4.66. The van der Waals surface area contributed by atoms with Crippen LogP contribution in [0, 0.1) is 0 Å². The van der Waals surface area contributed by atoms with Crippen molar-refractivity contribution in [2.75, 3.05) is 11.5 Å². The number of H-pyrrole nitrogens is 1. The molecule has 3 aromatic carbocycles. The fourth-order valence-electron chi connectivity index (χ4n) is 3.79. The number of Topliss-reactive ketones (excluding diaryl/α,β-unsaturated/α-hetero) is 1. The second-order valence-corrected chi connectivity index (χ2v) is 7.87. The third-order valence-corrected chi connectivity index (χ3v) is 5.68. The van der Waals surface area contributed by atoms with E-state index in [0.717, 1.165) is 15.8 Å². The van der Waals surface area contributed by atoms with Crippen molar-refractivity contribution in [1.29, 1.82) is 0 Å². The van der Waals surface area contributed by atoms with Crippen LogP contribution in [0.15, 0.2) is 72.9 Å². The molecule has 2 heterocycles. The lowest BCUT2D eigenvalue weighted by molar-refractivity contribution is 0.0475. The number of halogens is 1. The number of rotatable bonds is 5. The second-order valence-electron chi connectivity index (χ2n) is 7.43. The maximum Gasteiger partial charge on any atom is 0.338 e. The van der Waals surface area contributed by atoms with Crippen molar-refractivity contribution in [3.05, 3.63) is 100 Å². The number of nitrogens with zero attached hydrogens (tertiary/aromatic N) is 1. The number of hydrogen-bond donors (Lipinski definition) is 1. The van der Waals surface area contributed by atoms with Crippen LogP contribution in [-0.2, 0) is 4.74 Å². The Balaban J connectivity index is 1.33. The minimum absolute atomic E-state index is 0.0691. The number of carbonyl (C=O) groups excluding carboxylic acids is 4. The van der Waals surface area contributed by atoms with Crippen LogP contribution in [-0.4, -0.2) is 35.2 Å². The number of nitrogens with one attached hydrogen (secondary N) is 1. The Morgan fingerprint density at radius 1 is 0.909 bits per heavy atom. The van der Waals surface area contributed by atoms with Crippen molar-refractivity contribution in [1.82, 2.24) is 4.98 Å². The summed E-state index contributed by atoms with van der Waals surface area (Å²) in [6.07, 6.45) is 1.58. The molecule has 2 amide bonds. The van der Waals surface area contributed by atoms with Crippen LogP contribution < -0.4 is 4.90 Å². The summed E-state index contributed by atoms with van der Waals surface area (Å²) >= 11 is 5.88. The monoisotopic (exact) mass is 458 g/mol. The van der Waals surface area contributed by atoms with Gasteiger partial charge in [-0.3, -0.25) is 14.4 Å². The zero-order chi connectivity index (χ0) is 23.1. The number of aromatic amines is 1. The standard InChI is InChI=1S/C25H15ClN2O5/c26-15-6-8-16(9-7-15)28-23(30)18-10-5-14(11-19(18)24(28)31)25(32)33-13-22(29)20-12-27-21-4-2-1-3-17(20)21/h1-12,27H,13H2. The number of fused-ring (bicyclic) bond motifs is 2. The summed E-state index contributed by atoms with van der Waals surface area (Å²) < 4.78 is 5.18. The molecule has 0 unspecified atom stereocenters. The Morgan fingerprint density at radius 3 is 2.42 bits per heavy atom. The van der Waals surface area contributed by atoms with Crippen LogP contribution in [0.3, 0.4) is 0 Å². The van der Waals surface area contributed by atoms with Gasteiger partial charge in [-0.25, -0.2) is 9.69 Å². The molecule has 1 aliphatic heterocycles. The Labute approximate surface area is 192 Å². The van der Waals surface area contributed by atoms with E-state index in [2.05, 4.69) is 4.98 Å². The largest absolute Gasteiger partial charge is 0.454 e. The maximum absolute atomic E-state index is 12.9. The van der Waals surface area contributed by atoms with Gasteiger partial charge in [-0.05, 0) is 48.5 Å². The summed E-state index contributed by atoms with van der Waals surface area (Å²) in [4.78, 5) is 54.7. The van der Waals surface area contributed by atoms with Gasteiger partial charge in [0.05, 0.1) is 22.4 Å². The molecular formula is C25H15ClN2O5. The van der Waals surface area contributed by atoms with E-state index in [0.29, 0.717) is 16.3 Å². The highest BCUT2D eigenvalue weighted by Crippen LogP contribution is 2.30. The summed E-state index contributed by atoms with van der Waals surface area (Å²) in [6, 6.07) is 17.7. The first-order valence-electron chi connectivity index (χ1n) is 9.99. The summed E-state index contributed by atoms with van der Waals surface area (Å²) in [5.74, 6) is -2.17. The number of imide groups is 1. The first-order valence-corrected chi connectivity index (χ1v) is 10.4. The van der Waals surface area contributed by atoms with Crippen molar-refractivity contribution < 1.29 is 23.9 Å². The predicted molar refractivity (Wildman–Crippen MR) is 122 cm³/mol. The fraction of sp³-hybridized carbons (Fsp3) is 0.0400. The van der Waals surface area contributed by atoms with Crippen molar-refractivity contribution in [2.45, 2.75) is 0 Å². The number of para-hydroxylation sites is 1. The summed E-state index contributed by atoms with van der Waals surface area (Å²) in [7, 11) is 0. The molecule has 1 N–H and O–H groups in total. The van der Waals surface area contributed by atoms with Crippen LogP contribution in [0.5, 0.6) is 0 Å². The third kappa shape index (κ3) is 3.58. The lowest BCUT2D eigenvalue weighted by Gasteiger charge is -2.13. The molecule has 7 nitrogen and oxygen atoms in total. The van der Waals surface area contributed by atoms with Gasteiger partial charge < -0.3 is 9.72 Å². The molecule has 0 radical (unpaired) electrons. The lowest BCUT2D eigenvalue weighted by Crippen LogP contribution is -2.29. The molecule has 162 valence electrons. The first kappa shape index (κ1) is 20.7. The van der Waals surface area contributed by atoms with E-state index in [9.17, 15) is 19.2 Å². The zero-order valence-corrected chi connectivity index (χ0v) is 17.8. The van der Waals surface area contributed by atoms with E-state index >= 15 is 0 Å². The molecule has 8 heteroatoms. The topological polar surface area (TPSA) is 96.5 Å². The zero-order valence-electron chi connectivity index (χ0n) is 17.0. The average Bonchev–Trinajstić information content (AvgIpc) is 3.37. The number of aromatic nitrogens is 1. The van der Waals surface area contributed by atoms with E-state index in [4.69, 9.17) is 16.3 Å². The molecule has 4 aromatic rings. The van der Waals surface area contributed by atoms with Gasteiger partial charge in [-0.15, -0.1) is 0 Å². The quantitative estimate of drug-likeness (QED) is 0.266. The number of ether oxygens (including phenoxy) is 1. The Kier molecular flexibility index (Phi) is 5.03. The van der Waals surface area contributed by atoms with Crippen LogP contribution in [0.25, 0.3) is 10.9 Å². The van der Waals surface area contributed by atoms with Gasteiger partial charge >= 0.3 is 5.97 Å². The highest BCUT2D eigenvalue weighted by atomic mass is 35.5. The number of amides is 2. The van der Waals surface area contributed by atoms with Gasteiger partial charge in [0.15, 0.2) is 6.61 Å². The van der Waals surface area contributed by atoms with Gasteiger partial charge in [0.1, 0.15) is 0 Å². The minimum Gasteiger partial charge on any atom is -0.454 e. The molecule has 5 rings (SSSR count). The number of anilines is 1. The first-order chi connectivity index (χ1) is 15.9. The smallest absolute Gasteiger partial charge is 0.338 e. The second kappa shape index (κ2) is 8.03. The summed E-state index contributed by atoms with van der Waals surface area (Å²) in [6.45, 7) is -0.457. The number of ketones is 1. The lowest BCUT2D eigenvalue weighted by atomic mass is 10.1. The Bertz CT molecular complexity index is 1460. The third-order valence-electron chi connectivity index (χ3n) is 5.43. The molecule has 0 atom stereocenters. The van der Waals surface area contributed by atoms with Gasteiger partial charge in [0, 0.05) is 27.7 Å². The highest BCUT2D eigenvalue weighted by molar-refractivity contribution is 6.35. The molecule has 33 heavy (non-hydrogen) atoms. The molecule has 0 bridgehead atoms. The molecule has 1 aromatic heterocycles. The van der Waals surface area contributed by atoms with E-state index in [1.807, 2.05) is 18.2 Å². The van der Waals surface area contributed by atoms with Crippen LogP contribution >= 0.6 is 11.6 Å². The molecule has 0 spiro atoms. The van der Waals surface area contributed by atoms with E-state index in [1.165, 1.54) is 18.2 Å². The normalized spacial score (nSPS) is 12.8. The fourth-order valence-corrected chi connectivity index (χ4v) is 3.91. The molecular weight excluding hydrogens is 444 g/mol. The van der Waals surface area contributed by atoms with Gasteiger partial charge in [-0.2, -0.15) is 0 Å². The van der Waals surface area contributed by atoms with Crippen molar-refractivity contribution in [3.63, 3.8) is 0 Å². The maximum atomic E-state index is 12.9. The minimum atomic E-state index is -0.767. The molecule has 0 saturated carbocycles. The van der Waals surface area contributed by atoms with Crippen molar-refractivity contribution in [2.24, 2.45) is 0 Å². The van der Waals surface area contributed by atoms with Crippen LogP contribution in [0.1, 0.15) is 41.4 Å². The van der Waals surface area contributed by atoms with E-state index in [1.54, 1.807) is 36.5 Å². The number of esters is 1. The van der Waals surface area contributed by atoms with Gasteiger partial charge in [0.2, 0.25) is 5.78 Å². The SMILES string of the molecule is O=C(OCC(=O)c1c[nH]c2ccccc12)c1ccc2c(c1)C(=O)N(c1ccc(Cl)cc1)C2=O. The Hall–Kier alpha value is -4.23. The number of carbonyl (C=O) groups is 4. The number of hydrogen-bond acceptors (Lipinski definition) is 5. The van der Waals surface area contributed by atoms with E-state index in [-0.39, 0.29) is 22.5 Å². The molecule has 0 saturated heterocycles. The van der Waals surface area contributed by atoms with Gasteiger partial charge in [0.25, 0.3) is 11.8 Å². The molecule has 1 aliphatic rings. The summed E-state index contributed by atoms with van der Waals surface area (Å²) in [5.41, 5.74) is 1.94. The summed E-state index contributed by atoms with van der Waals surface area (Å²) in [5, 5.41) is 1.21. The number of benzene rings is 3. The molecule has 0 fully saturated rings.